The van der Waals surface area contributed by atoms with Gasteiger partial charge in [0.1, 0.15) is 22.3 Å². The molecular weight excluding hydrogens is 566 g/mol. The van der Waals surface area contributed by atoms with Gasteiger partial charge < -0.3 is 18.0 Å². The molecule has 5 heterocycles. The lowest BCUT2D eigenvalue weighted by Gasteiger charge is -2.08. The summed E-state index contributed by atoms with van der Waals surface area (Å²) in [5.41, 5.74) is 10.9. The molecule has 11 aromatic rings. The molecule has 0 radical (unpaired) electrons. The lowest BCUT2D eigenvalue weighted by Crippen LogP contribution is -1.93. The van der Waals surface area contributed by atoms with Crippen molar-refractivity contribution in [2.24, 2.45) is 0 Å². The molecule has 11 rings (SSSR count). The summed E-state index contributed by atoms with van der Waals surface area (Å²) < 4.78 is 17.8. The molecule has 0 N–H and O–H groups in total. The third-order valence-electron chi connectivity index (χ3n) is 9.55. The molecule has 5 aromatic heterocycles. The van der Waals surface area contributed by atoms with Gasteiger partial charge in [-0.15, -0.1) is 0 Å². The minimum Gasteiger partial charge on any atom is -0.456 e. The first-order valence-corrected chi connectivity index (χ1v) is 15.5. The highest BCUT2D eigenvalue weighted by Gasteiger charge is 2.23. The summed E-state index contributed by atoms with van der Waals surface area (Å²) in [4.78, 5) is 5.06. The molecule has 5 heteroatoms. The fraction of sp³-hybridized carbons (Fsp3) is 0. The maximum Gasteiger partial charge on any atom is 0.163 e. The first-order chi connectivity index (χ1) is 22.8. The monoisotopic (exact) mass is 589 g/mol. The molecule has 0 saturated carbocycles. The topological polar surface area (TPSA) is 49.0 Å². The minimum atomic E-state index is 0.814. The van der Waals surface area contributed by atoms with Gasteiger partial charge >= 0.3 is 0 Å². The van der Waals surface area contributed by atoms with E-state index in [9.17, 15) is 0 Å². The number of benzene rings is 6. The molecule has 0 bridgehead atoms. The van der Waals surface area contributed by atoms with Gasteiger partial charge in [0.15, 0.2) is 5.58 Å². The van der Waals surface area contributed by atoms with Gasteiger partial charge in [-0.3, -0.25) is 0 Å². The summed E-state index contributed by atoms with van der Waals surface area (Å²) in [6.45, 7) is 0. The van der Waals surface area contributed by atoms with Crippen LogP contribution in [0.3, 0.4) is 0 Å². The van der Waals surface area contributed by atoms with Crippen LogP contribution in [0, 0.1) is 0 Å². The average molecular weight is 590 g/mol. The Morgan fingerprint density at radius 1 is 0.413 bits per heavy atom. The van der Waals surface area contributed by atoms with Gasteiger partial charge in [0.05, 0.1) is 39.0 Å². The van der Waals surface area contributed by atoms with E-state index in [4.69, 9.17) is 13.8 Å². The van der Waals surface area contributed by atoms with Crippen LogP contribution in [-0.4, -0.2) is 14.1 Å². The van der Waals surface area contributed by atoms with Crippen molar-refractivity contribution < 1.29 is 8.83 Å². The molecule has 0 aliphatic heterocycles. The van der Waals surface area contributed by atoms with Crippen LogP contribution >= 0.6 is 0 Å². The molecule has 46 heavy (non-hydrogen) atoms. The summed E-state index contributed by atoms with van der Waals surface area (Å²) in [6, 6.07) is 46.6. The van der Waals surface area contributed by atoms with Crippen LogP contribution in [0.1, 0.15) is 0 Å². The van der Waals surface area contributed by atoms with Gasteiger partial charge in [0.25, 0.3) is 0 Å². The largest absolute Gasteiger partial charge is 0.456 e. The Balaban J connectivity index is 1.26. The second-order valence-corrected chi connectivity index (χ2v) is 12.0. The normalized spacial score (nSPS) is 12.3. The van der Waals surface area contributed by atoms with Crippen LogP contribution < -0.4 is 0 Å². The smallest absolute Gasteiger partial charge is 0.163 e. The molecule has 5 nitrogen and oxygen atoms in total. The van der Waals surface area contributed by atoms with Gasteiger partial charge in [-0.2, -0.15) is 0 Å². The van der Waals surface area contributed by atoms with Crippen LogP contribution in [0.15, 0.2) is 148 Å². The van der Waals surface area contributed by atoms with E-state index in [2.05, 4.69) is 124 Å². The van der Waals surface area contributed by atoms with E-state index in [1.54, 1.807) is 0 Å². The molecule has 0 spiro atoms. The Bertz CT molecular complexity index is 3030. The predicted octanol–water partition coefficient (Wildman–Crippen LogP) is 11.1. The lowest BCUT2D eigenvalue weighted by atomic mass is 10.1. The number of pyridine rings is 1. The molecule has 6 aromatic carbocycles. The fourth-order valence-corrected chi connectivity index (χ4v) is 7.62. The molecule has 0 aliphatic carbocycles. The summed E-state index contributed by atoms with van der Waals surface area (Å²) in [6.07, 6.45) is 2.00. The zero-order valence-corrected chi connectivity index (χ0v) is 24.4. The van der Waals surface area contributed by atoms with Gasteiger partial charge in [-0.25, -0.2) is 4.98 Å². The van der Waals surface area contributed by atoms with Crippen LogP contribution in [0.5, 0.6) is 0 Å². The van der Waals surface area contributed by atoms with Crippen molar-refractivity contribution >= 4 is 87.6 Å². The number of para-hydroxylation sites is 4. The Morgan fingerprint density at radius 3 is 1.87 bits per heavy atom. The van der Waals surface area contributed by atoms with Crippen molar-refractivity contribution in [3.8, 4) is 11.4 Å². The van der Waals surface area contributed by atoms with E-state index in [1.807, 2.05) is 24.4 Å². The van der Waals surface area contributed by atoms with E-state index in [-0.39, 0.29) is 0 Å². The Labute approximate surface area is 261 Å². The van der Waals surface area contributed by atoms with Gasteiger partial charge in [0, 0.05) is 38.3 Å². The molecule has 0 saturated heterocycles. The number of aromatic nitrogens is 3. The van der Waals surface area contributed by atoms with Crippen molar-refractivity contribution in [1.82, 2.24) is 14.1 Å². The number of fused-ring (bicyclic) bond motifs is 14. The fourth-order valence-electron chi connectivity index (χ4n) is 7.62. The Kier molecular flexibility index (Phi) is 4.52. The first kappa shape index (κ1) is 24.0. The second-order valence-electron chi connectivity index (χ2n) is 12.0. The third-order valence-corrected chi connectivity index (χ3v) is 9.55. The van der Waals surface area contributed by atoms with E-state index in [1.165, 1.54) is 0 Å². The quantitative estimate of drug-likeness (QED) is 0.202. The average Bonchev–Trinajstić information content (AvgIpc) is 3.85. The zero-order valence-electron chi connectivity index (χ0n) is 24.4. The molecule has 0 amide bonds. The molecule has 214 valence electrons. The van der Waals surface area contributed by atoms with E-state index in [0.29, 0.717) is 0 Å². The second kappa shape index (κ2) is 8.65. The van der Waals surface area contributed by atoms with Crippen molar-refractivity contribution in [2.75, 3.05) is 0 Å². The Hall–Kier alpha value is -6.33. The minimum absolute atomic E-state index is 0.814. The summed E-state index contributed by atoms with van der Waals surface area (Å²) >= 11 is 0. The molecular formula is C41H23N3O2. The highest BCUT2D eigenvalue weighted by atomic mass is 16.3. The van der Waals surface area contributed by atoms with Crippen LogP contribution in [0.25, 0.3) is 99.0 Å². The van der Waals surface area contributed by atoms with Crippen LogP contribution in [0.2, 0.25) is 0 Å². The van der Waals surface area contributed by atoms with Crippen LogP contribution in [0.4, 0.5) is 0 Å². The SMILES string of the molecule is c1ccc(-n2c3ccccc3c3c4oc5c(ccc6c5c5ccccc5n6-c5ccc6oc7ccccc7c6c5)c4ncc32)cc1. The molecule has 0 atom stereocenters. The summed E-state index contributed by atoms with van der Waals surface area (Å²) in [5, 5.41) is 7.68. The van der Waals surface area contributed by atoms with E-state index < -0.39 is 0 Å². The summed E-state index contributed by atoms with van der Waals surface area (Å²) in [5.74, 6) is 0. The van der Waals surface area contributed by atoms with Crippen molar-refractivity contribution in [2.45, 2.75) is 0 Å². The van der Waals surface area contributed by atoms with Crippen molar-refractivity contribution in [3.05, 3.63) is 140 Å². The number of rotatable bonds is 2. The highest BCUT2D eigenvalue weighted by Crippen LogP contribution is 2.44. The molecule has 0 fully saturated rings. The van der Waals surface area contributed by atoms with E-state index in [0.717, 1.165) is 99.0 Å². The zero-order chi connectivity index (χ0) is 29.9. The van der Waals surface area contributed by atoms with Gasteiger partial charge in [-0.05, 0) is 60.7 Å². The standard InChI is InChI=1S/C41H23N3O2/c1-2-10-24(11-3-1)43-31-15-7-5-14-28(31)38-34(43)23-42-39-29-19-20-33-37(40(29)46-41(38)39)27-13-4-8-16-32(27)44(33)25-18-21-36-30(22-25)26-12-6-9-17-35(26)45-36/h1-23H. The third kappa shape index (κ3) is 3.01. The van der Waals surface area contributed by atoms with Crippen molar-refractivity contribution in [1.29, 1.82) is 0 Å². The van der Waals surface area contributed by atoms with Crippen LogP contribution in [-0.2, 0) is 0 Å². The Morgan fingerprint density at radius 2 is 1.07 bits per heavy atom. The molecule has 0 unspecified atom stereocenters. The predicted molar refractivity (Wildman–Crippen MR) is 187 cm³/mol. The number of hydrogen-bond donors (Lipinski definition) is 0. The highest BCUT2D eigenvalue weighted by molar-refractivity contribution is 6.28. The summed E-state index contributed by atoms with van der Waals surface area (Å²) in [7, 11) is 0. The number of nitrogens with zero attached hydrogens (tertiary/aromatic N) is 3. The van der Waals surface area contributed by atoms with Crippen molar-refractivity contribution in [3.63, 3.8) is 0 Å². The first-order valence-electron chi connectivity index (χ1n) is 15.5. The van der Waals surface area contributed by atoms with Gasteiger partial charge in [-0.1, -0.05) is 72.8 Å². The number of furan rings is 2. The maximum absolute atomic E-state index is 7.00. The van der Waals surface area contributed by atoms with E-state index >= 15 is 0 Å². The molecule has 0 aliphatic rings. The lowest BCUT2D eigenvalue weighted by molar-refractivity contribution is 0.669. The van der Waals surface area contributed by atoms with Gasteiger partial charge in [0.2, 0.25) is 0 Å². The number of hydrogen-bond acceptors (Lipinski definition) is 3. The maximum atomic E-state index is 7.00.